The van der Waals surface area contributed by atoms with E-state index in [1.807, 2.05) is 36.4 Å². The number of hydrogen-bond acceptors (Lipinski definition) is 4. The number of aliphatic hydroxyl groups excluding tert-OH is 1. The lowest BCUT2D eigenvalue weighted by Gasteiger charge is -2.37. The van der Waals surface area contributed by atoms with Gasteiger partial charge in [0, 0.05) is 17.2 Å². The molecule has 0 aliphatic carbocycles. The van der Waals surface area contributed by atoms with E-state index in [2.05, 4.69) is 67.7 Å². The minimum atomic E-state index is -1.97. The number of ether oxygens (including phenoxy) is 1. The lowest BCUT2D eigenvalue weighted by Crippen LogP contribution is -2.43. The Labute approximate surface area is 189 Å². The fraction of sp³-hybridized carbons (Fsp3) is 0.520. The van der Waals surface area contributed by atoms with Gasteiger partial charge in [-0.15, -0.1) is 0 Å². The van der Waals surface area contributed by atoms with Crippen molar-refractivity contribution < 1.29 is 18.7 Å². The van der Waals surface area contributed by atoms with Gasteiger partial charge >= 0.3 is 0 Å². The van der Waals surface area contributed by atoms with Crippen molar-refractivity contribution in [2.45, 2.75) is 84.1 Å². The van der Waals surface area contributed by atoms with Crippen molar-refractivity contribution in [2.24, 2.45) is 0 Å². The zero-order valence-corrected chi connectivity index (χ0v) is 22.7. The normalized spacial score (nSPS) is 16.8. The van der Waals surface area contributed by atoms with Gasteiger partial charge in [0.05, 0.1) is 0 Å². The van der Waals surface area contributed by atoms with E-state index in [1.165, 1.54) is 0 Å². The number of hydrogen-bond donors (Lipinski definition) is 1. The Hall–Kier alpha value is -1.77. The molecule has 2 aromatic carbocycles. The summed E-state index contributed by atoms with van der Waals surface area (Å²) in [6, 6.07) is 11.9. The first-order chi connectivity index (χ1) is 14.0. The molecular weight excluding hydrogens is 420 g/mol. The Morgan fingerprint density at radius 2 is 1.19 bits per heavy atom. The van der Waals surface area contributed by atoms with Crippen LogP contribution in [0, 0.1) is 0 Å². The molecule has 1 N–H and O–H groups in total. The molecule has 1 heterocycles. The number of benzene rings is 2. The molecule has 1 aliphatic heterocycles. The summed E-state index contributed by atoms with van der Waals surface area (Å²) < 4.78 is 18.8. The van der Waals surface area contributed by atoms with Crippen LogP contribution in [0.3, 0.4) is 0 Å². The predicted molar refractivity (Wildman–Crippen MR) is 133 cm³/mol. The number of aliphatic hydroxyl groups is 1. The molecule has 4 nitrogen and oxygen atoms in total. The van der Waals surface area contributed by atoms with Crippen LogP contribution in [-0.4, -0.2) is 21.7 Å². The highest BCUT2D eigenvalue weighted by Gasteiger charge is 2.40. The van der Waals surface area contributed by atoms with Gasteiger partial charge in [-0.2, -0.15) is 0 Å². The maximum absolute atomic E-state index is 10.7. The molecule has 1 unspecified atom stereocenters. The Balaban J connectivity index is 1.93. The summed E-state index contributed by atoms with van der Waals surface area (Å²) in [5.41, 5.74) is 2.67. The molecule has 0 saturated carbocycles. The Kier molecular flexibility index (Phi) is 5.91. The van der Waals surface area contributed by atoms with Crippen LogP contribution in [0.15, 0.2) is 36.4 Å². The van der Waals surface area contributed by atoms with Gasteiger partial charge in [-0.25, -0.2) is 0 Å². The summed E-state index contributed by atoms with van der Waals surface area (Å²) in [6.45, 7) is 22.2. The van der Waals surface area contributed by atoms with Crippen molar-refractivity contribution >= 4 is 16.6 Å². The molecule has 170 valence electrons. The SMILES string of the molecule is CC(C)(C)[Si](C)(C)Oc1ccc2c(c1)OC(O)c1cc(O[Si](C)(C)C(C)(C)C)ccc1-2. The fourth-order valence-electron chi connectivity index (χ4n) is 3.02. The third-order valence-corrected chi connectivity index (χ3v) is 15.8. The van der Waals surface area contributed by atoms with Gasteiger partial charge in [0.15, 0.2) is 0 Å². The van der Waals surface area contributed by atoms with Gasteiger partial charge in [-0.1, -0.05) is 47.6 Å². The van der Waals surface area contributed by atoms with Crippen LogP contribution in [0.5, 0.6) is 17.2 Å². The molecule has 0 aromatic heterocycles. The maximum atomic E-state index is 10.7. The summed E-state index contributed by atoms with van der Waals surface area (Å²) in [6.07, 6.45) is -1.03. The quantitative estimate of drug-likeness (QED) is 0.482. The highest BCUT2D eigenvalue weighted by molar-refractivity contribution is 6.75. The first kappa shape index (κ1) is 23.9. The van der Waals surface area contributed by atoms with Gasteiger partial charge in [-0.3, -0.25) is 0 Å². The Morgan fingerprint density at radius 1 is 0.742 bits per heavy atom. The third-order valence-electron chi connectivity index (χ3n) is 7.13. The highest BCUT2D eigenvalue weighted by Crippen LogP contribution is 2.46. The van der Waals surface area contributed by atoms with Crippen molar-refractivity contribution in [3.05, 3.63) is 42.0 Å². The number of rotatable bonds is 4. The van der Waals surface area contributed by atoms with Crippen LogP contribution >= 0.6 is 0 Å². The average Bonchev–Trinajstić information content (AvgIpc) is 2.59. The van der Waals surface area contributed by atoms with Crippen LogP contribution in [0.1, 0.15) is 53.4 Å². The smallest absolute Gasteiger partial charge is 0.250 e. The molecule has 1 atom stereocenters. The average molecular weight is 459 g/mol. The summed E-state index contributed by atoms with van der Waals surface area (Å²) in [5, 5.41) is 11.0. The second kappa shape index (κ2) is 7.68. The molecule has 0 fully saturated rings. The Morgan fingerprint density at radius 3 is 1.68 bits per heavy atom. The first-order valence-electron chi connectivity index (χ1n) is 11.0. The molecule has 6 heteroatoms. The van der Waals surface area contributed by atoms with Crippen LogP contribution in [0.25, 0.3) is 11.1 Å². The van der Waals surface area contributed by atoms with Gasteiger partial charge in [0.25, 0.3) is 0 Å². The van der Waals surface area contributed by atoms with Crippen LogP contribution < -0.4 is 13.6 Å². The molecular formula is C25H38O4Si2. The van der Waals surface area contributed by atoms with E-state index in [0.29, 0.717) is 5.75 Å². The third kappa shape index (κ3) is 4.71. The standard InChI is InChI=1S/C25H38O4Si2/c1-24(2,3)30(7,8)28-17-11-13-19-20-14-12-18(29-31(9,10)25(4,5)6)16-22(20)27-23(26)21(19)15-17/h11-16,23,26H,1-10H3. The molecule has 0 spiro atoms. The summed E-state index contributed by atoms with van der Waals surface area (Å²) in [4.78, 5) is 0. The molecule has 0 saturated heterocycles. The van der Waals surface area contributed by atoms with Crippen LogP contribution in [0.2, 0.25) is 36.3 Å². The van der Waals surface area contributed by atoms with Crippen molar-refractivity contribution in [1.82, 2.24) is 0 Å². The van der Waals surface area contributed by atoms with E-state index in [0.717, 1.165) is 28.2 Å². The van der Waals surface area contributed by atoms with E-state index in [9.17, 15) is 5.11 Å². The minimum Gasteiger partial charge on any atom is -0.543 e. The van der Waals surface area contributed by atoms with E-state index in [-0.39, 0.29) is 10.1 Å². The maximum Gasteiger partial charge on any atom is 0.250 e. The second-order valence-corrected chi connectivity index (χ2v) is 21.1. The van der Waals surface area contributed by atoms with Crippen molar-refractivity contribution in [1.29, 1.82) is 0 Å². The summed E-state index contributed by atoms with van der Waals surface area (Å²) in [5.74, 6) is 2.22. The molecule has 2 aromatic rings. The monoisotopic (exact) mass is 458 g/mol. The lowest BCUT2D eigenvalue weighted by atomic mass is 9.96. The fourth-order valence-corrected chi connectivity index (χ4v) is 5.06. The molecule has 31 heavy (non-hydrogen) atoms. The van der Waals surface area contributed by atoms with Crippen LogP contribution in [-0.2, 0) is 0 Å². The van der Waals surface area contributed by atoms with E-state index in [1.54, 1.807) is 0 Å². The van der Waals surface area contributed by atoms with Crippen molar-refractivity contribution in [3.63, 3.8) is 0 Å². The van der Waals surface area contributed by atoms with Gasteiger partial charge in [-0.05, 0) is 66.1 Å². The minimum absolute atomic E-state index is 0.102. The van der Waals surface area contributed by atoms with Crippen molar-refractivity contribution in [3.8, 4) is 28.4 Å². The zero-order valence-electron chi connectivity index (χ0n) is 20.7. The highest BCUT2D eigenvalue weighted by atomic mass is 28.4. The number of fused-ring (bicyclic) bond motifs is 3. The van der Waals surface area contributed by atoms with Gasteiger partial charge in [0.1, 0.15) is 17.2 Å². The van der Waals surface area contributed by atoms with Gasteiger partial charge < -0.3 is 18.7 Å². The van der Waals surface area contributed by atoms with Gasteiger partial charge in [0.2, 0.25) is 22.9 Å². The second-order valence-electron chi connectivity index (χ2n) is 11.6. The lowest BCUT2D eigenvalue weighted by molar-refractivity contribution is -0.0214. The molecule has 0 amide bonds. The molecule has 1 aliphatic rings. The van der Waals surface area contributed by atoms with E-state index >= 15 is 0 Å². The van der Waals surface area contributed by atoms with E-state index < -0.39 is 22.9 Å². The zero-order chi connectivity index (χ0) is 23.4. The molecule has 0 radical (unpaired) electrons. The summed E-state index contributed by atoms with van der Waals surface area (Å²) in [7, 11) is -3.92. The van der Waals surface area contributed by atoms with E-state index in [4.69, 9.17) is 13.6 Å². The van der Waals surface area contributed by atoms with Crippen molar-refractivity contribution in [2.75, 3.05) is 0 Å². The first-order valence-corrected chi connectivity index (χ1v) is 16.8. The Bertz CT molecular complexity index is 968. The molecule has 3 rings (SSSR count). The summed E-state index contributed by atoms with van der Waals surface area (Å²) >= 11 is 0. The molecule has 0 bridgehead atoms. The largest absolute Gasteiger partial charge is 0.543 e. The van der Waals surface area contributed by atoms with Crippen LogP contribution in [0.4, 0.5) is 0 Å². The predicted octanol–water partition coefficient (Wildman–Crippen LogP) is 7.50. The topological polar surface area (TPSA) is 47.9 Å².